The minimum absolute atomic E-state index is 0.0646. The van der Waals surface area contributed by atoms with E-state index in [1.807, 2.05) is 20.8 Å². The fraction of sp³-hybridized carbons (Fsp3) is 0.500. The van der Waals surface area contributed by atoms with Crippen LogP contribution in [0.3, 0.4) is 0 Å². The summed E-state index contributed by atoms with van der Waals surface area (Å²) in [5.74, 6) is -0.930. The predicted octanol–water partition coefficient (Wildman–Crippen LogP) is 2.27. The molecule has 4 heteroatoms. The molecule has 1 aromatic rings. The first kappa shape index (κ1) is 14.6. The molecule has 0 aliphatic carbocycles. The van der Waals surface area contributed by atoms with E-state index in [0.717, 1.165) is 5.56 Å². The summed E-state index contributed by atoms with van der Waals surface area (Å²) in [5.41, 5.74) is 0.705. The molecule has 0 saturated heterocycles. The fourth-order valence-electron chi connectivity index (χ4n) is 1.62. The van der Waals surface area contributed by atoms with Gasteiger partial charge in [0, 0.05) is 13.2 Å². The molecule has 0 aliphatic heterocycles. The van der Waals surface area contributed by atoms with Gasteiger partial charge in [-0.2, -0.15) is 0 Å². The summed E-state index contributed by atoms with van der Waals surface area (Å²) in [6, 6.07) is 4.45. The average molecular weight is 253 g/mol. The van der Waals surface area contributed by atoms with Gasteiger partial charge in [-0.15, -0.1) is 0 Å². The molecule has 0 unspecified atom stereocenters. The number of carbonyl (C=O) groups excluding carboxylic acids is 1. The minimum Gasteiger partial charge on any atom is -0.396 e. The smallest absolute Gasteiger partial charge is 0.254 e. The zero-order chi connectivity index (χ0) is 13.8. The summed E-state index contributed by atoms with van der Waals surface area (Å²) in [4.78, 5) is 11.9. The summed E-state index contributed by atoms with van der Waals surface area (Å²) in [5, 5.41) is 11.6. The quantitative estimate of drug-likeness (QED) is 0.845. The van der Waals surface area contributed by atoms with Gasteiger partial charge >= 0.3 is 0 Å². The van der Waals surface area contributed by atoms with Gasteiger partial charge in [0.15, 0.2) is 0 Å². The SMILES string of the molecule is Cc1ccc(F)c(C(=O)NCC(C)(C)CCO)c1. The van der Waals surface area contributed by atoms with E-state index in [4.69, 9.17) is 5.11 Å². The standard InChI is InChI=1S/C14H20FNO2/c1-10-4-5-12(15)11(8-10)13(18)16-9-14(2,3)6-7-17/h4-5,8,17H,6-7,9H2,1-3H3,(H,16,18). The molecular formula is C14H20FNO2. The molecule has 0 spiro atoms. The highest BCUT2D eigenvalue weighted by Crippen LogP contribution is 2.18. The normalized spacial score (nSPS) is 11.4. The number of hydrogen-bond acceptors (Lipinski definition) is 2. The third-order valence-electron chi connectivity index (χ3n) is 2.88. The third kappa shape index (κ3) is 4.11. The van der Waals surface area contributed by atoms with Crippen LogP contribution >= 0.6 is 0 Å². The van der Waals surface area contributed by atoms with Crippen molar-refractivity contribution in [2.75, 3.05) is 13.2 Å². The molecule has 0 saturated carbocycles. The Bertz CT molecular complexity index is 430. The van der Waals surface area contributed by atoms with E-state index in [9.17, 15) is 9.18 Å². The van der Waals surface area contributed by atoms with Crippen molar-refractivity contribution in [3.05, 3.63) is 35.1 Å². The molecule has 1 aromatic carbocycles. The van der Waals surface area contributed by atoms with Gasteiger partial charge in [0.25, 0.3) is 5.91 Å². The number of rotatable bonds is 5. The molecule has 18 heavy (non-hydrogen) atoms. The van der Waals surface area contributed by atoms with Crippen LogP contribution in [0, 0.1) is 18.2 Å². The molecule has 0 aromatic heterocycles. The van der Waals surface area contributed by atoms with Crippen molar-refractivity contribution in [2.24, 2.45) is 5.41 Å². The first-order chi connectivity index (χ1) is 8.35. The van der Waals surface area contributed by atoms with Gasteiger partial charge in [-0.25, -0.2) is 4.39 Å². The van der Waals surface area contributed by atoms with Crippen LogP contribution in [0.1, 0.15) is 36.2 Å². The highest BCUT2D eigenvalue weighted by atomic mass is 19.1. The highest BCUT2D eigenvalue weighted by molar-refractivity contribution is 5.94. The van der Waals surface area contributed by atoms with E-state index in [-0.39, 0.29) is 17.6 Å². The lowest BCUT2D eigenvalue weighted by Crippen LogP contribution is -2.35. The fourth-order valence-corrected chi connectivity index (χ4v) is 1.62. The second kappa shape index (κ2) is 5.96. The van der Waals surface area contributed by atoms with Gasteiger partial charge in [-0.05, 0) is 30.9 Å². The van der Waals surface area contributed by atoms with E-state index >= 15 is 0 Å². The van der Waals surface area contributed by atoms with Crippen LogP contribution in [-0.4, -0.2) is 24.2 Å². The predicted molar refractivity (Wildman–Crippen MR) is 69.0 cm³/mol. The molecule has 0 aliphatic rings. The van der Waals surface area contributed by atoms with E-state index in [0.29, 0.717) is 13.0 Å². The Morgan fingerprint density at radius 2 is 2.11 bits per heavy atom. The number of carbonyl (C=O) groups is 1. The van der Waals surface area contributed by atoms with Crippen molar-refractivity contribution in [3.63, 3.8) is 0 Å². The Labute approximate surface area is 107 Å². The molecule has 3 nitrogen and oxygen atoms in total. The summed E-state index contributed by atoms with van der Waals surface area (Å²) >= 11 is 0. The van der Waals surface area contributed by atoms with E-state index in [1.165, 1.54) is 12.1 Å². The second-order valence-electron chi connectivity index (χ2n) is 5.30. The maximum absolute atomic E-state index is 13.5. The number of aliphatic hydroxyl groups excluding tert-OH is 1. The van der Waals surface area contributed by atoms with Gasteiger partial charge in [0.1, 0.15) is 5.82 Å². The minimum atomic E-state index is -0.516. The number of amides is 1. The van der Waals surface area contributed by atoms with Crippen LogP contribution in [0.2, 0.25) is 0 Å². The first-order valence-corrected chi connectivity index (χ1v) is 6.01. The second-order valence-corrected chi connectivity index (χ2v) is 5.30. The zero-order valence-corrected chi connectivity index (χ0v) is 11.1. The van der Waals surface area contributed by atoms with Crippen molar-refractivity contribution in [1.82, 2.24) is 5.32 Å². The van der Waals surface area contributed by atoms with Crippen molar-refractivity contribution in [2.45, 2.75) is 27.2 Å². The average Bonchev–Trinajstić information content (AvgIpc) is 2.29. The van der Waals surface area contributed by atoms with Crippen molar-refractivity contribution in [3.8, 4) is 0 Å². The first-order valence-electron chi connectivity index (χ1n) is 6.01. The highest BCUT2D eigenvalue weighted by Gasteiger charge is 2.19. The monoisotopic (exact) mass is 253 g/mol. The molecule has 0 radical (unpaired) electrons. The van der Waals surface area contributed by atoms with Crippen LogP contribution in [0.5, 0.6) is 0 Å². The maximum Gasteiger partial charge on any atom is 0.254 e. The number of halogens is 1. The van der Waals surface area contributed by atoms with Crippen molar-refractivity contribution < 1.29 is 14.3 Å². The van der Waals surface area contributed by atoms with Crippen molar-refractivity contribution >= 4 is 5.91 Å². The lowest BCUT2D eigenvalue weighted by Gasteiger charge is -2.23. The van der Waals surface area contributed by atoms with Gasteiger partial charge in [-0.3, -0.25) is 4.79 Å². The van der Waals surface area contributed by atoms with Crippen LogP contribution in [-0.2, 0) is 0 Å². The largest absolute Gasteiger partial charge is 0.396 e. The third-order valence-corrected chi connectivity index (χ3v) is 2.88. The van der Waals surface area contributed by atoms with Crippen LogP contribution in [0.25, 0.3) is 0 Å². The maximum atomic E-state index is 13.5. The number of aryl methyl sites for hydroxylation is 1. The van der Waals surface area contributed by atoms with Gasteiger partial charge in [0.2, 0.25) is 0 Å². The van der Waals surface area contributed by atoms with Crippen LogP contribution in [0.15, 0.2) is 18.2 Å². The van der Waals surface area contributed by atoms with E-state index in [1.54, 1.807) is 6.07 Å². The molecule has 0 atom stereocenters. The Balaban J connectivity index is 2.69. The van der Waals surface area contributed by atoms with Gasteiger partial charge in [-0.1, -0.05) is 25.5 Å². The zero-order valence-electron chi connectivity index (χ0n) is 11.1. The topological polar surface area (TPSA) is 49.3 Å². The van der Waals surface area contributed by atoms with Crippen LogP contribution < -0.4 is 5.32 Å². The van der Waals surface area contributed by atoms with Crippen molar-refractivity contribution in [1.29, 1.82) is 0 Å². The molecule has 0 heterocycles. The Kier molecular flexibility index (Phi) is 4.84. The summed E-state index contributed by atoms with van der Waals surface area (Å²) in [6.07, 6.45) is 0.587. The Morgan fingerprint density at radius 1 is 1.44 bits per heavy atom. The number of nitrogens with one attached hydrogen (secondary N) is 1. The number of benzene rings is 1. The molecule has 1 rings (SSSR count). The molecule has 0 fully saturated rings. The molecule has 1 amide bonds. The number of hydrogen-bond donors (Lipinski definition) is 2. The summed E-state index contributed by atoms with van der Waals surface area (Å²) in [6.45, 7) is 6.17. The van der Waals surface area contributed by atoms with E-state index in [2.05, 4.69) is 5.32 Å². The van der Waals surface area contributed by atoms with Crippen LogP contribution in [0.4, 0.5) is 4.39 Å². The molecule has 0 bridgehead atoms. The number of aliphatic hydroxyl groups is 1. The van der Waals surface area contributed by atoms with Gasteiger partial charge < -0.3 is 10.4 Å². The lowest BCUT2D eigenvalue weighted by molar-refractivity contribution is 0.0924. The molecular weight excluding hydrogens is 233 g/mol. The summed E-state index contributed by atoms with van der Waals surface area (Å²) in [7, 11) is 0. The Morgan fingerprint density at radius 3 is 2.72 bits per heavy atom. The van der Waals surface area contributed by atoms with Gasteiger partial charge in [0.05, 0.1) is 5.56 Å². The van der Waals surface area contributed by atoms with E-state index < -0.39 is 11.7 Å². The summed E-state index contributed by atoms with van der Waals surface area (Å²) < 4.78 is 13.5. The molecule has 2 N–H and O–H groups in total. The Hall–Kier alpha value is -1.42. The lowest BCUT2D eigenvalue weighted by atomic mass is 9.89. The molecule has 100 valence electrons.